The van der Waals surface area contributed by atoms with Gasteiger partial charge in [-0.15, -0.1) is 0 Å². The molecule has 2 rings (SSSR count). The number of hydrogen-bond acceptors (Lipinski definition) is 5. The molecule has 0 heterocycles. The van der Waals surface area contributed by atoms with E-state index in [0.717, 1.165) is 19.3 Å². The van der Waals surface area contributed by atoms with Crippen LogP contribution in [-0.2, 0) is 10.0 Å². The van der Waals surface area contributed by atoms with Gasteiger partial charge in [-0.3, -0.25) is 4.79 Å². The van der Waals surface area contributed by atoms with Gasteiger partial charge in [-0.25, -0.2) is 8.42 Å². The molecule has 8 heteroatoms. The highest BCUT2D eigenvalue weighted by molar-refractivity contribution is 7.89. The third kappa shape index (κ3) is 3.02. The first-order chi connectivity index (χ1) is 9.87. The SMILES string of the molecule is NC(=O)c1ccc(S(=O)(=O)N(CCO)C2CCC2)c(N)c1. The van der Waals surface area contributed by atoms with E-state index in [0.29, 0.717) is 0 Å². The summed E-state index contributed by atoms with van der Waals surface area (Å²) < 4.78 is 26.6. The largest absolute Gasteiger partial charge is 0.398 e. The van der Waals surface area contributed by atoms with Crippen molar-refractivity contribution in [3.8, 4) is 0 Å². The number of amides is 1. The van der Waals surface area contributed by atoms with E-state index in [2.05, 4.69) is 0 Å². The van der Waals surface area contributed by atoms with Gasteiger partial charge in [0, 0.05) is 18.2 Å². The van der Waals surface area contributed by atoms with Crippen LogP contribution in [0, 0.1) is 0 Å². The van der Waals surface area contributed by atoms with Gasteiger partial charge in [0.05, 0.1) is 12.3 Å². The summed E-state index contributed by atoms with van der Waals surface area (Å²) in [5.74, 6) is -0.670. The highest BCUT2D eigenvalue weighted by atomic mass is 32.2. The number of hydrogen-bond donors (Lipinski definition) is 3. The van der Waals surface area contributed by atoms with Crippen LogP contribution in [0.25, 0.3) is 0 Å². The second-order valence-electron chi connectivity index (χ2n) is 5.04. The van der Waals surface area contributed by atoms with Crippen molar-refractivity contribution < 1.29 is 18.3 Å². The number of sulfonamides is 1. The fourth-order valence-corrected chi connectivity index (χ4v) is 4.11. The van der Waals surface area contributed by atoms with Gasteiger partial charge in [-0.1, -0.05) is 6.42 Å². The van der Waals surface area contributed by atoms with Gasteiger partial charge in [-0.05, 0) is 31.0 Å². The molecule has 1 fully saturated rings. The predicted molar refractivity (Wildman–Crippen MR) is 78.0 cm³/mol. The molecule has 0 aliphatic heterocycles. The van der Waals surface area contributed by atoms with E-state index in [1.54, 1.807) is 0 Å². The van der Waals surface area contributed by atoms with Crippen LogP contribution < -0.4 is 11.5 Å². The highest BCUT2D eigenvalue weighted by Crippen LogP contribution is 2.31. The minimum absolute atomic E-state index is 0.0198. The molecule has 5 N–H and O–H groups in total. The van der Waals surface area contributed by atoms with E-state index < -0.39 is 15.9 Å². The minimum Gasteiger partial charge on any atom is -0.398 e. The van der Waals surface area contributed by atoms with Gasteiger partial charge in [0.2, 0.25) is 15.9 Å². The van der Waals surface area contributed by atoms with E-state index in [1.807, 2.05) is 0 Å². The number of carbonyl (C=O) groups excluding carboxylic acids is 1. The van der Waals surface area contributed by atoms with Crippen molar-refractivity contribution in [1.29, 1.82) is 0 Å². The summed E-state index contributed by atoms with van der Waals surface area (Å²) in [7, 11) is -3.80. The van der Waals surface area contributed by atoms with Gasteiger partial charge >= 0.3 is 0 Å². The molecule has 0 aromatic heterocycles. The summed E-state index contributed by atoms with van der Waals surface area (Å²) in [5.41, 5.74) is 11.0. The second kappa shape index (κ2) is 6.00. The number of carbonyl (C=O) groups is 1. The van der Waals surface area contributed by atoms with Crippen LogP contribution in [-0.4, -0.2) is 42.9 Å². The zero-order chi connectivity index (χ0) is 15.6. The van der Waals surface area contributed by atoms with E-state index in [1.165, 1.54) is 22.5 Å². The van der Waals surface area contributed by atoms with E-state index >= 15 is 0 Å². The Labute approximate surface area is 123 Å². The number of aliphatic hydroxyl groups excluding tert-OH is 1. The highest BCUT2D eigenvalue weighted by Gasteiger charge is 2.35. The zero-order valence-corrected chi connectivity index (χ0v) is 12.3. The van der Waals surface area contributed by atoms with Gasteiger partial charge < -0.3 is 16.6 Å². The Kier molecular flexibility index (Phi) is 4.50. The van der Waals surface area contributed by atoms with Gasteiger partial charge in [0.15, 0.2) is 0 Å². The molecule has 21 heavy (non-hydrogen) atoms. The number of anilines is 1. The topological polar surface area (TPSA) is 127 Å². The lowest BCUT2D eigenvalue weighted by Gasteiger charge is -2.36. The van der Waals surface area contributed by atoms with Crippen molar-refractivity contribution in [1.82, 2.24) is 4.31 Å². The Morgan fingerprint density at radius 1 is 1.38 bits per heavy atom. The van der Waals surface area contributed by atoms with Crippen LogP contribution in [0.1, 0.15) is 29.6 Å². The normalized spacial score (nSPS) is 15.9. The molecule has 0 saturated heterocycles. The molecule has 0 unspecified atom stereocenters. The average Bonchev–Trinajstić information content (AvgIpc) is 2.35. The minimum atomic E-state index is -3.80. The Morgan fingerprint density at radius 2 is 2.05 bits per heavy atom. The fourth-order valence-electron chi connectivity index (χ4n) is 2.34. The quantitative estimate of drug-likeness (QED) is 0.632. The monoisotopic (exact) mass is 313 g/mol. The zero-order valence-electron chi connectivity index (χ0n) is 11.5. The van der Waals surface area contributed by atoms with E-state index in [4.69, 9.17) is 16.6 Å². The first kappa shape index (κ1) is 15.7. The van der Waals surface area contributed by atoms with Crippen LogP contribution in [0.3, 0.4) is 0 Å². The Balaban J connectivity index is 2.39. The Bertz CT molecular complexity index is 641. The molecule has 1 amide bonds. The number of aliphatic hydroxyl groups is 1. The summed E-state index contributed by atoms with van der Waals surface area (Å²) in [6, 6.07) is 3.78. The van der Waals surface area contributed by atoms with Crippen molar-refractivity contribution in [3.05, 3.63) is 23.8 Å². The van der Waals surface area contributed by atoms with Gasteiger partial charge in [-0.2, -0.15) is 4.31 Å². The van der Waals surface area contributed by atoms with Crippen molar-refractivity contribution in [2.75, 3.05) is 18.9 Å². The number of rotatable bonds is 6. The lowest BCUT2D eigenvalue weighted by molar-refractivity contribution is 0.1000. The summed E-state index contributed by atoms with van der Waals surface area (Å²) in [4.78, 5) is 11.0. The summed E-state index contributed by atoms with van der Waals surface area (Å²) in [6.07, 6.45) is 2.52. The molecular formula is C13H19N3O4S. The number of benzene rings is 1. The third-order valence-electron chi connectivity index (χ3n) is 3.68. The molecule has 0 atom stereocenters. The number of nitrogen functional groups attached to an aromatic ring is 1. The molecule has 1 aromatic rings. The average molecular weight is 313 g/mol. The van der Waals surface area contributed by atoms with Crippen molar-refractivity contribution in [3.63, 3.8) is 0 Å². The summed E-state index contributed by atoms with van der Waals surface area (Å²) in [5, 5.41) is 9.10. The molecule has 1 saturated carbocycles. The first-order valence-electron chi connectivity index (χ1n) is 6.70. The fraction of sp³-hybridized carbons (Fsp3) is 0.462. The third-order valence-corrected chi connectivity index (χ3v) is 5.71. The lowest BCUT2D eigenvalue weighted by atomic mass is 9.93. The standard InChI is InChI=1S/C13H19N3O4S/c14-11-8-9(13(15)18)4-5-12(11)21(19,20)16(6-7-17)10-2-1-3-10/h4-5,8,10,17H,1-3,6-7,14H2,(H2,15,18). The Morgan fingerprint density at radius 3 is 2.48 bits per heavy atom. The van der Waals surface area contributed by atoms with Crippen LogP contribution in [0.4, 0.5) is 5.69 Å². The maximum Gasteiger partial charge on any atom is 0.248 e. The molecule has 0 spiro atoms. The number of primary amides is 1. The molecule has 1 aromatic carbocycles. The molecule has 1 aliphatic carbocycles. The van der Waals surface area contributed by atoms with Crippen molar-refractivity contribution >= 4 is 21.6 Å². The predicted octanol–water partition coefficient (Wildman–Crippen LogP) is -0.0968. The molecular weight excluding hydrogens is 294 g/mol. The molecule has 116 valence electrons. The maximum absolute atomic E-state index is 12.7. The van der Waals surface area contributed by atoms with Gasteiger partial charge in [0.1, 0.15) is 4.90 Å². The smallest absolute Gasteiger partial charge is 0.248 e. The van der Waals surface area contributed by atoms with E-state index in [9.17, 15) is 13.2 Å². The van der Waals surface area contributed by atoms with Crippen molar-refractivity contribution in [2.45, 2.75) is 30.2 Å². The summed E-state index contributed by atoms with van der Waals surface area (Å²) >= 11 is 0. The van der Waals surface area contributed by atoms with Crippen LogP contribution >= 0.6 is 0 Å². The van der Waals surface area contributed by atoms with Crippen LogP contribution in [0.5, 0.6) is 0 Å². The van der Waals surface area contributed by atoms with Gasteiger partial charge in [0.25, 0.3) is 0 Å². The first-order valence-corrected chi connectivity index (χ1v) is 8.14. The number of nitrogens with two attached hydrogens (primary N) is 2. The van der Waals surface area contributed by atoms with Crippen LogP contribution in [0.15, 0.2) is 23.1 Å². The maximum atomic E-state index is 12.7. The second-order valence-corrected chi connectivity index (χ2v) is 6.90. The molecule has 0 radical (unpaired) electrons. The molecule has 7 nitrogen and oxygen atoms in total. The van der Waals surface area contributed by atoms with Crippen LogP contribution in [0.2, 0.25) is 0 Å². The van der Waals surface area contributed by atoms with Crippen molar-refractivity contribution in [2.24, 2.45) is 5.73 Å². The molecule has 1 aliphatic rings. The number of nitrogens with zero attached hydrogens (tertiary/aromatic N) is 1. The lowest BCUT2D eigenvalue weighted by Crippen LogP contribution is -2.45. The van der Waals surface area contributed by atoms with E-state index in [-0.39, 0.29) is 35.3 Å². The Hall–Kier alpha value is -1.64. The molecule has 0 bridgehead atoms. The summed E-state index contributed by atoms with van der Waals surface area (Å²) in [6.45, 7) is -0.223.